The number of fused-ring (bicyclic) bond motifs is 2. The molecule has 2 amide bonds. The molecule has 1 N–H and O–H groups in total. The smallest absolute Gasteiger partial charge is 0.283 e. The number of carbonyl (C=O) groups is 2. The number of hydrogen-bond acceptors (Lipinski definition) is 4. The van der Waals surface area contributed by atoms with Gasteiger partial charge in [0, 0.05) is 12.6 Å². The summed E-state index contributed by atoms with van der Waals surface area (Å²) in [5, 5.41) is 4.66. The highest BCUT2D eigenvalue weighted by atomic mass is 32.1. The number of anilines is 1. The summed E-state index contributed by atoms with van der Waals surface area (Å²) in [6.07, 6.45) is 5.56. The third kappa shape index (κ3) is 4.06. The Labute approximate surface area is 182 Å². The number of terminal acetylenes is 1. The Morgan fingerprint density at radius 2 is 1.90 bits per heavy atom. The van der Waals surface area contributed by atoms with Gasteiger partial charge in [-0.1, -0.05) is 41.5 Å². The van der Waals surface area contributed by atoms with E-state index in [1.807, 2.05) is 47.0 Å². The summed E-state index contributed by atoms with van der Waals surface area (Å²) >= 11 is 1.33. The van der Waals surface area contributed by atoms with Crippen LogP contribution in [0.4, 0.5) is 5.69 Å². The van der Waals surface area contributed by atoms with Crippen molar-refractivity contribution >= 4 is 49.8 Å². The van der Waals surface area contributed by atoms with E-state index in [4.69, 9.17) is 11.2 Å². The summed E-state index contributed by atoms with van der Waals surface area (Å²) in [6, 6.07) is 16.9. The van der Waals surface area contributed by atoms with E-state index in [2.05, 4.69) is 16.2 Å². The van der Waals surface area contributed by atoms with E-state index >= 15 is 0 Å². The van der Waals surface area contributed by atoms with Crippen LogP contribution in [-0.2, 0) is 11.3 Å². The molecule has 0 aliphatic rings. The molecule has 0 atom stereocenters. The number of carbonyl (C=O) groups excluding carboxylic acids is 2. The Hall–Kier alpha value is -3.89. The Morgan fingerprint density at radius 3 is 2.58 bits per heavy atom. The van der Waals surface area contributed by atoms with Crippen LogP contribution in [0.1, 0.15) is 17.3 Å². The van der Waals surface area contributed by atoms with Gasteiger partial charge in [0.05, 0.1) is 29.4 Å². The Morgan fingerprint density at radius 1 is 1.16 bits per heavy atom. The second-order valence-corrected chi connectivity index (χ2v) is 7.86. The SMILES string of the molecule is C#CCn1c(=NC(=O)c2cc3ccccc3cc2OC)sc2cc(NC(C)=O)ccc21. The second kappa shape index (κ2) is 8.46. The average Bonchev–Trinajstić information content (AvgIpc) is 3.08. The lowest BCUT2D eigenvalue weighted by molar-refractivity contribution is -0.114. The van der Waals surface area contributed by atoms with E-state index < -0.39 is 5.91 Å². The van der Waals surface area contributed by atoms with Gasteiger partial charge in [0.2, 0.25) is 5.91 Å². The molecule has 0 aliphatic heterocycles. The largest absolute Gasteiger partial charge is 0.496 e. The predicted octanol–water partition coefficient (Wildman–Crippen LogP) is 4.20. The zero-order valence-electron chi connectivity index (χ0n) is 17.0. The van der Waals surface area contributed by atoms with Gasteiger partial charge in [-0.25, -0.2) is 0 Å². The first-order valence-corrected chi connectivity index (χ1v) is 10.3. The molecule has 1 heterocycles. The molecule has 3 aromatic carbocycles. The summed E-state index contributed by atoms with van der Waals surface area (Å²) in [4.78, 5) is 29.3. The third-order valence-corrected chi connectivity index (χ3v) is 5.79. The number of thiazole rings is 1. The van der Waals surface area contributed by atoms with E-state index in [0.717, 1.165) is 21.0 Å². The molecular formula is C24H19N3O3S. The minimum Gasteiger partial charge on any atom is -0.496 e. The van der Waals surface area contributed by atoms with Gasteiger partial charge >= 0.3 is 0 Å². The first-order chi connectivity index (χ1) is 15.0. The van der Waals surface area contributed by atoms with Gasteiger partial charge in [0.1, 0.15) is 5.75 Å². The molecule has 1 aromatic heterocycles. The molecule has 6 nitrogen and oxygen atoms in total. The lowest BCUT2D eigenvalue weighted by atomic mass is 10.1. The molecule has 4 aromatic rings. The van der Waals surface area contributed by atoms with Crippen LogP contribution >= 0.6 is 11.3 Å². The number of amides is 2. The van der Waals surface area contributed by atoms with Crippen molar-refractivity contribution in [2.75, 3.05) is 12.4 Å². The molecule has 7 heteroatoms. The quantitative estimate of drug-likeness (QED) is 0.494. The standard InChI is InChI=1S/C24H19N3O3S/c1-4-11-27-20-10-9-18(25-15(2)28)14-22(20)31-24(27)26-23(29)19-12-16-7-5-6-8-17(16)13-21(19)30-3/h1,5-10,12-14H,11H2,2-3H3,(H,25,28). The van der Waals surface area contributed by atoms with Crippen LogP contribution in [-0.4, -0.2) is 23.5 Å². The van der Waals surface area contributed by atoms with Crippen molar-refractivity contribution < 1.29 is 14.3 Å². The molecule has 0 unspecified atom stereocenters. The van der Waals surface area contributed by atoms with Gasteiger partial charge in [-0.3, -0.25) is 9.59 Å². The van der Waals surface area contributed by atoms with Crippen LogP contribution in [0.5, 0.6) is 5.75 Å². The fourth-order valence-corrected chi connectivity index (χ4v) is 4.45. The van der Waals surface area contributed by atoms with Crippen LogP contribution in [0, 0.1) is 12.3 Å². The van der Waals surface area contributed by atoms with E-state index in [1.54, 1.807) is 12.1 Å². The van der Waals surface area contributed by atoms with Crippen LogP contribution in [0.25, 0.3) is 21.0 Å². The lowest BCUT2D eigenvalue weighted by Gasteiger charge is -2.07. The minimum atomic E-state index is -0.415. The predicted molar refractivity (Wildman–Crippen MR) is 123 cm³/mol. The van der Waals surface area contributed by atoms with Crippen LogP contribution in [0.3, 0.4) is 0 Å². The van der Waals surface area contributed by atoms with Crippen molar-refractivity contribution in [1.82, 2.24) is 4.57 Å². The Kier molecular flexibility index (Phi) is 5.56. The van der Waals surface area contributed by atoms with Gasteiger partial charge in [0.25, 0.3) is 5.91 Å². The van der Waals surface area contributed by atoms with Crippen molar-refractivity contribution in [2.45, 2.75) is 13.5 Å². The molecule has 4 rings (SSSR count). The topological polar surface area (TPSA) is 72.7 Å². The molecule has 31 heavy (non-hydrogen) atoms. The van der Waals surface area contributed by atoms with Crippen molar-refractivity contribution in [2.24, 2.45) is 4.99 Å². The van der Waals surface area contributed by atoms with Gasteiger partial charge < -0.3 is 14.6 Å². The van der Waals surface area contributed by atoms with Crippen LogP contribution in [0.15, 0.2) is 59.6 Å². The summed E-state index contributed by atoms with van der Waals surface area (Å²) in [7, 11) is 1.53. The number of rotatable bonds is 4. The van der Waals surface area contributed by atoms with E-state index in [0.29, 0.717) is 21.8 Å². The van der Waals surface area contributed by atoms with E-state index in [9.17, 15) is 9.59 Å². The van der Waals surface area contributed by atoms with Gasteiger partial charge in [-0.05, 0) is 41.1 Å². The maximum atomic E-state index is 13.1. The molecular weight excluding hydrogens is 410 g/mol. The maximum Gasteiger partial charge on any atom is 0.283 e. The van der Waals surface area contributed by atoms with E-state index in [-0.39, 0.29) is 12.5 Å². The highest BCUT2D eigenvalue weighted by molar-refractivity contribution is 7.16. The van der Waals surface area contributed by atoms with Crippen LogP contribution in [0.2, 0.25) is 0 Å². The highest BCUT2D eigenvalue weighted by Crippen LogP contribution is 2.27. The number of ether oxygens (including phenoxy) is 1. The summed E-state index contributed by atoms with van der Waals surface area (Å²) in [5.74, 6) is 2.50. The normalized spacial score (nSPS) is 11.5. The zero-order chi connectivity index (χ0) is 22.0. The number of nitrogens with zero attached hydrogens (tertiary/aromatic N) is 2. The maximum absolute atomic E-state index is 13.1. The second-order valence-electron chi connectivity index (χ2n) is 6.86. The van der Waals surface area contributed by atoms with Crippen molar-refractivity contribution in [3.63, 3.8) is 0 Å². The molecule has 0 aliphatic carbocycles. The zero-order valence-corrected chi connectivity index (χ0v) is 17.8. The number of methoxy groups -OCH3 is 1. The third-order valence-electron chi connectivity index (χ3n) is 4.75. The monoisotopic (exact) mass is 429 g/mol. The van der Waals surface area contributed by atoms with Crippen molar-refractivity contribution in [3.8, 4) is 18.1 Å². The number of hydrogen-bond donors (Lipinski definition) is 1. The average molecular weight is 430 g/mol. The summed E-state index contributed by atoms with van der Waals surface area (Å²) in [6.45, 7) is 1.72. The van der Waals surface area contributed by atoms with Gasteiger partial charge in [0.15, 0.2) is 4.80 Å². The number of aromatic nitrogens is 1. The number of nitrogens with one attached hydrogen (secondary N) is 1. The summed E-state index contributed by atoms with van der Waals surface area (Å²) in [5.41, 5.74) is 1.89. The first-order valence-electron chi connectivity index (χ1n) is 9.50. The van der Waals surface area contributed by atoms with Crippen molar-refractivity contribution in [3.05, 3.63) is 65.0 Å². The molecule has 0 radical (unpaired) electrons. The molecule has 0 fully saturated rings. The molecule has 0 spiro atoms. The van der Waals surface area contributed by atoms with Gasteiger partial charge in [-0.2, -0.15) is 4.99 Å². The fourth-order valence-electron chi connectivity index (χ4n) is 3.39. The van der Waals surface area contributed by atoms with Crippen LogP contribution < -0.4 is 14.9 Å². The lowest BCUT2D eigenvalue weighted by Crippen LogP contribution is -2.16. The van der Waals surface area contributed by atoms with E-state index in [1.165, 1.54) is 25.4 Å². The summed E-state index contributed by atoms with van der Waals surface area (Å²) < 4.78 is 8.11. The molecule has 154 valence electrons. The van der Waals surface area contributed by atoms with Gasteiger partial charge in [-0.15, -0.1) is 6.42 Å². The molecule has 0 saturated heterocycles. The first kappa shape index (κ1) is 20.4. The minimum absolute atomic E-state index is 0.157. The molecule has 0 bridgehead atoms. The fraction of sp³-hybridized carbons (Fsp3) is 0.125. The Balaban J connectivity index is 1.85. The Bertz CT molecular complexity index is 1440. The highest BCUT2D eigenvalue weighted by Gasteiger charge is 2.15. The molecule has 0 saturated carbocycles. The van der Waals surface area contributed by atoms with Crippen molar-refractivity contribution in [1.29, 1.82) is 0 Å². The number of benzene rings is 3.